The third-order valence-electron chi connectivity index (χ3n) is 8.65. The van der Waals surface area contributed by atoms with Crippen LogP contribution in [0.15, 0.2) is 73.1 Å². The molecule has 1 saturated carbocycles. The van der Waals surface area contributed by atoms with Crippen LogP contribution in [-0.2, 0) is 9.53 Å². The Kier molecular flexibility index (Phi) is 6.02. The number of anilines is 1. The Morgan fingerprint density at radius 2 is 1.66 bits per heavy atom. The smallest absolute Gasteiger partial charge is 0.150 e. The van der Waals surface area contributed by atoms with E-state index in [9.17, 15) is 8.76 Å². The molecule has 7 rings (SSSR count). The van der Waals surface area contributed by atoms with Crippen LogP contribution in [-0.4, -0.2) is 82.1 Å². The van der Waals surface area contributed by atoms with E-state index < -0.39 is 9.53 Å². The zero-order valence-electron chi connectivity index (χ0n) is 23.3. The highest BCUT2D eigenvalue weighted by Gasteiger charge is 2.40. The molecule has 1 saturated heterocycles. The van der Waals surface area contributed by atoms with Crippen molar-refractivity contribution in [3.05, 3.63) is 78.9 Å². The molecule has 2 aromatic carbocycles. The van der Waals surface area contributed by atoms with Crippen molar-refractivity contribution in [1.82, 2.24) is 28.6 Å². The molecule has 4 heterocycles. The molecular weight excluding hydrogens is 534 g/mol. The predicted octanol–water partition coefficient (Wildman–Crippen LogP) is 4.53. The highest BCUT2D eigenvalue weighted by atomic mass is 32.3. The van der Waals surface area contributed by atoms with Gasteiger partial charge in [0.15, 0.2) is 0 Å². The maximum atomic E-state index is 12.6. The Labute approximate surface area is 239 Å². The summed E-state index contributed by atoms with van der Waals surface area (Å²) in [7, 11) is -3.68. The summed E-state index contributed by atoms with van der Waals surface area (Å²) >= 11 is 0. The highest BCUT2D eigenvalue weighted by molar-refractivity contribution is 8.11. The molecule has 0 amide bonds. The van der Waals surface area contributed by atoms with E-state index in [0.29, 0.717) is 30.9 Å². The van der Waals surface area contributed by atoms with Gasteiger partial charge in [0.2, 0.25) is 0 Å². The molecule has 0 radical (unpaired) electrons. The lowest BCUT2D eigenvalue weighted by Crippen LogP contribution is -2.59. The second kappa shape index (κ2) is 9.42. The van der Waals surface area contributed by atoms with Crippen LogP contribution in [0.4, 0.5) is 5.82 Å². The second-order valence-corrected chi connectivity index (χ2v) is 15.7. The van der Waals surface area contributed by atoms with Gasteiger partial charge in [0.25, 0.3) is 0 Å². The molecule has 0 unspecified atom stereocenters. The molecule has 41 heavy (non-hydrogen) atoms. The SMILES string of the molecule is CS(C)(=O)(O)N1CCN(C2CC(c3nc(-c4ccc5ccc(-c6ccccc6)nc5c4)c4c(N)nccn34)C2)CC1. The Bertz CT molecular complexity index is 1820. The van der Waals surface area contributed by atoms with Crippen LogP contribution in [0.5, 0.6) is 0 Å². The van der Waals surface area contributed by atoms with Gasteiger partial charge in [-0.2, -0.15) is 4.21 Å². The first-order chi connectivity index (χ1) is 19.6. The summed E-state index contributed by atoms with van der Waals surface area (Å²) in [5, 5.41) is 1.07. The number of imidazole rings is 1. The Balaban J connectivity index is 1.17. The molecule has 0 atom stereocenters. The van der Waals surface area contributed by atoms with E-state index in [1.807, 2.05) is 24.4 Å². The standard InChI is InChI=1S/C31H35N7O2S/c1-41(2,39,40)37-16-14-36(15-17-37)25-18-24(19-25)31-35-28(29-30(32)33-12-13-38(29)31)23-9-8-22-10-11-26(34-27(22)20-23)21-6-4-3-5-7-21/h3-13,20,24-25H,14-19H2,1-2H3,(H2,32,33)(H,39,40). The van der Waals surface area contributed by atoms with E-state index >= 15 is 0 Å². The lowest BCUT2D eigenvalue weighted by atomic mass is 9.78. The predicted molar refractivity (Wildman–Crippen MR) is 165 cm³/mol. The molecule has 0 spiro atoms. The lowest BCUT2D eigenvalue weighted by molar-refractivity contribution is 0.0707. The number of fused-ring (bicyclic) bond motifs is 2. The van der Waals surface area contributed by atoms with Gasteiger partial charge in [-0.15, -0.1) is 9.53 Å². The topological polar surface area (TPSA) is 113 Å². The summed E-state index contributed by atoms with van der Waals surface area (Å²) in [6, 6.07) is 21.1. The molecule has 9 nitrogen and oxygen atoms in total. The molecule has 0 bridgehead atoms. The fraction of sp³-hybridized carbons (Fsp3) is 0.323. The van der Waals surface area contributed by atoms with Gasteiger partial charge in [-0.05, 0) is 25.0 Å². The zero-order valence-corrected chi connectivity index (χ0v) is 24.2. The number of rotatable bonds is 5. The van der Waals surface area contributed by atoms with Crippen LogP contribution < -0.4 is 5.73 Å². The summed E-state index contributed by atoms with van der Waals surface area (Å²) in [5.41, 5.74) is 12.0. The van der Waals surface area contributed by atoms with Crippen molar-refractivity contribution >= 4 is 31.8 Å². The average molecular weight is 570 g/mol. The first-order valence-electron chi connectivity index (χ1n) is 14.1. The summed E-state index contributed by atoms with van der Waals surface area (Å²) in [6.45, 7) is 2.81. The Hall–Kier alpha value is -3.70. The van der Waals surface area contributed by atoms with Crippen LogP contribution in [0.1, 0.15) is 24.6 Å². The molecule has 2 aliphatic rings. The van der Waals surface area contributed by atoms with Crippen molar-refractivity contribution in [2.24, 2.45) is 0 Å². The van der Waals surface area contributed by atoms with Crippen LogP contribution >= 0.6 is 0 Å². The fourth-order valence-corrected chi connectivity index (χ4v) is 7.50. The van der Waals surface area contributed by atoms with Crippen LogP contribution in [0.3, 0.4) is 0 Å². The van der Waals surface area contributed by atoms with E-state index in [1.54, 1.807) is 10.5 Å². The minimum Gasteiger partial charge on any atom is -0.382 e. The monoisotopic (exact) mass is 569 g/mol. The minimum atomic E-state index is -3.68. The quantitative estimate of drug-likeness (QED) is 0.320. The second-order valence-electron chi connectivity index (χ2n) is 11.8. The number of nitrogens with two attached hydrogens (primary N) is 1. The van der Waals surface area contributed by atoms with E-state index in [4.69, 9.17) is 15.7 Å². The number of aromatic nitrogens is 4. The van der Waals surface area contributed by atoms with Gasteiger partial charge in [-0.3, -0.25) is 13.9 Å². The van der Waals surface area contributed by atoms with E-state index in [-0.39, 0.29) is 0 Å². The van der Waals surface area contributed by atoms with E-state index in [0.717, 1.165) is 70.7 Å². The van der Waals surface area contributed by atoms with E-state index in [2.05, 4.69) is 56.7 Å². The summed E-state index contributed by atoms with van der Waals surface area (Å²) in [6.07, 6.45) is 8.58. The maximum Gasteiger partial charge on any atom is 0.150 e. The number of nitrogen functional groups attached to an aromatic ring is 1. The summed E-state index contributed by atoms with van der Waals surface area (Å²) in [4.78, 5) is 17.0. The summed E-state index contributed by atoms with van der Waals surface area (Å²) < 4.78 is 26.8. The Morgan fingerprint density at radius 1 is 0.927 bits per heavy atom. The molecular formula is C31H35N7O2S. The molecule has 1 aliphatic carbocycles. The number of hydrogen-bond acceptors (Lipinski definition) is 6. The van der Waals surface area contributed by atoms with Gasteiger partial charge in [0, 0.05) is 79.6 Å². The minimum absolute atomic E-state index is 0.303. The lowest BCUT2D eigenvalue weighted by Gasteiger charge is -2.52. The van der Waals surface area contributed by atoms with Crippen LogP contribution in [0.2, 0.25) is 0 Å². The van der Waals surface area contributed by atoms with Crippen LogP contribution in [0.25, 0.3) is 38.9 Å². The van der Waals surface area contributed by atoms with Gasteiger partial charge in [0.1, 0.15) is 22.9 Å². The van der Waals surface area contributed by atoms with E-state index in [1.165, 1.54) is 12.5 Å². The number of benzene rings is 2. The molecule has 212 valence electrons. The molecule has 3 N–H and O–H groups in total. The van der Waals surface area contributed by atoms with Crippen molar-refractivity contribution in [1.29, 1.82) is 0 Å². The van der Waals surface area contributed by atoms with Crippen molar-refractivity contribution in [2.45, 2.75) is 24.8 Å². The zero-order chi connectivity index (χ0) is 28.4. The van der Waals surface area contributed by atoms with Crippen molar-refractivity contribution in [3.63, 3.8) is 0 Å². The molecule has 2 fully saturated rings. The normalized spacial score (nSPS) is 21.5. The van der Waals surface area contributed by atoms with Crippen molar-refractivity contribution in [2.75, 3.05) is 44.4 Å². The van der Waals surface area contributed by atoms with Gasteiger partial charge in [-0.1, -0.05) is 48.5 Å². The first kappa shape index (κ1) is 26.2. The molecule has 3 aromatic heterocycles. The van der Waals surface area contributed by atoms with Crippen LogP contribution in [0, 0.1) is 0 Å². The van der Waals surface area contributed by atoms with Crippen molar-refractivity contribution < 1.29 is 8.76 Å². The average Bonchev–Trinajstić information content (AvgIpc) is 3.32. The summed E-state index contributed by atoms with van der Waals surface area (Å²) in [5.74, 6) is 1.77. The Morgan fingerprint density at radius 3 is 2.39 bits per heavy atom. The fourth-order valence-electron chi connectivity index (χ4n) is 6.30. The first-order valence-corrected chi connectivity index (χ1v) is 16.8. The van der Waals surface area contributed by atoms with Crippen molar-refractivity contribution in [3.8, 4) is 22.5 Å². The molecule has 10 heteroatoms. The molecule has 5 aromatic rings. The highest BCUT2D eigenvalue weighted by Crippen LogP contribution is 2.42. The number of nitrogens with zero attached hydrogens (tertiary/aromatic N) is 6. The number of pyridine rings is 1. The van der Waals surface area contributed by atoms with Gasteiger partial charge < -0.3 is 5.73 Å². The van der Waals surface area contributed by atoms with Gasteiger partial charge >= 0.3 is 0 Å². The maximum absolute atomic E-state index is 12.6. The van der Waals surface area contributed by atoms with Gasteiger partial charge in [0.05, 0.1) is 11.2 Å². The third kappa shape index (κ3) is 4.80. The van der Waals surface area contributed by atoms with Gasteiger partial charge in [-0.25, -0.2) is 19.3 Å². The largest absolute Gasteiger partial charge is 0.382 e. The number of hydrogen-bond donors (Lipinski definition) is 2. The third-order valence-corrected chi connectivity index (χ3v) is 10.5. The molecule has 1 aliphatic heterocycles. The number of piperazine rings is 1.